The maximum Gasteiger partial charge on any atom is 0.266 e. The molecule has 2 heterocycles. The number of benzene rings is 2. The zero-order valence-corrected chi connectivity index (χ0v) is 17.3. The molecule has 1 saturated heterocycles. The summed E-state index contributed by atoms with van der Waals surface area (Å²) in [6, 6.07) is 13.2. The Morgan fingerprint density at radius 2 is 1.89 bits per heavy atom. The zero-order chi connectivity index (χ0) is 19.5. The topological polar surface area (TPSA) is 47.4 Å². The number of fused-ring (bicyclic) bond motifs is 1. The summed E-state index contributed by atoms with van der Waals surface area (Å²) < 4.78 is 7.12. The summed E-state index contributed by atoms with van der Waals surface area (Å²) in [4.78, 5) is 20.4. The van der Waals surface area contributed by atoms with Crippen molar-refractivity contribution in [1.82, 2.24) is 14.5 Å². The van der Waals surface area contributed by atoms with E-state index in [2.05, 4.69) is 4.90 Å². The quantitative estimate of drug-likeness (QED) is 0.469. The Labute approximate surface area is 173 Å². The molecule has 0 saturated carbocycles. The van der Waals surface area contributed by atoms with Crippen LogP contribution in [0.15, 0.2) is 52.4 Å². The van der Waals surface area contributed by atoms with Gasteiger partial charge in [-0.1, -0.05) is 41.1 Å². The van der Waals surface area contributed by atoms with E-state index in [4.69, 9.17) is 21.3 Å². The van der Waals surface area contributed by atoms with Crippen molar-refractivity contribution in [2.75, 3.05) is 38.6 Å². The minimum atomic E-state index is -0.0700. The molecule has 1 aliphatic heterocycles. The van der Waals surface area contributed by atoms with Crippen LogP contribution in [0.2, 0.25) is 5.02 Å². The smallest absolute Gasteiger partial charge is 0.266 e. The first-order chi connectivity index (χ1) is 13.6. The molecule has 1 fully saturated rings. The minimum Gasteiger partial charge on any atom is -0.379 e. The summed E-state index contributed by atoms with van der Waals surface area (Å²) in [5.74, 6) is 0.852. The standard InChI is InChI=1S/C21H22ClN3O2S/c1-15-2-5-17(6-3-15)25-20(26)18-7-4-16(22)14-19(18)23-21(25)28-13-10-24-8-11-27-12-9-24/h2-7,14H,8-13H2,1H3. The molecular formula is C21H22ClN3O2S. The van der Waals surface area contributed by atoms with Gasteiger partial charge in [0.15, 0.2) is 5.16 Å². The van der Waals surface area contributed by atoms with Gasteiger partial charge < -0.3 is 4.74 Å². The number of thioether (sulfide) groups is 1. The van der Waals surface area contributed by atoms with Gasteiger partial charge in [-0.25, -0.2) is 4.98 Å². The van der Waals surface area contributed by atoms with Crippen LogP contribution in [0.25, 0.3) is 16.6 Å². The van der Waals surface area contributed by atoms with Crippen LogP contribution in [-0.2, 0) is 4.74 Å². The second-order valence-corrected chi connectivity index (χ2v) is 8.33. The molecule has 0 aliphatic carbocycles. The van der Waals surface area contributed by atoms with E-state index in [1.54, 1.807) is 34.5 Å². The van der Waals surface area contributed by atoms with Gasteiger partial charge in [0.2, 0.25) is 0 Å². The highest BCUT2D eigenvalue weighted by Gasteiger charge is 2.15. The van der Waals surface area contributed by atoms with Gasteiger partial charge in [0.25, 0.3) is 5.56 Å². The second kappa shape index (κ2) is 8.66. The van der Waals surface area contributed by atoms with Crippen molar-refractivity contribution in [2.24, 2.45) is 0 Å². The van der Waals surface area contributed by atoms with Crippen LogP contribution in [0.4, 0.5) is 0 Å². The van der Waals surface area contributed by atoms with E-state index in [-0.39, 0.29) is 5.56 Å². The summed E-state index contributed by atoms with van der Waals surface area (Å²) in [6.07, 6.45) is 0. The van der Waals surface area contributed by atoms with E-state index in [1.807, 2.05) is 31.2 Å². The molecule has 0 radical (unpaired) electrons. The molecule has 1 aromatic heterocycles. The van der Waals surface area contributed by atoms with Crippen LogP contribution in [0.1, 0.15) is 5.56 Å². The number of aromatic nitrogens is 2. The first-order valence-electron chi connectivity index (χ1n) is 9.34. The molecular weight excluding hydrogens is 394 g/mol. The zero-order valence-electron chi connectivity index (χ0n) is 15.7. The molecule has 0 spiro atoms. The van der Waals surface area contributed by atoms with Gasteiger partial charge >= 0.3 is 0 Å². The SMILES string of the molecule is Cc1ccc(-n2c(SCCN3CCOCC3)nc3cc(Cl)ccc3c2=O)cc1. The third-order valence-corrected chi connectivity index (χ3v) is 5.99. The molecule has 5 nitrogen and oxygen atoms in total. The molecule has 2 aromatic carbocycles. The van der Waals surface area contributed by atoms with Crippen LogP contribution < -0.4 is 5.56 Å². The Balaban J connectivity index is 1.70. The van der Waals surface area contributed by atoms with Gasteiger partial charge in [-0.2, -0.15) is 0 Å². The Morgan fingerprint density at radius 1 is 1.14 bits per heavy atom. The highest BCUT2D eigenvalue weighted by Crippen LogP contribution is 2.23. The van der Waals surface area contributed by atoms with Crippen LogP contribution >= 0.6 is 23.4 Å². The van der Waals surface area contributed by atoms with Crippen LogP contribution in [0.5, 0.6) is 0 Å². The molecule has 7 heteroatoms. The molecule has 4 rings (SSSR count). The fourth-order valence-corrected chi connectivity index (χ4v) is 4.43. The summed E-state index contributed by atoms with van der Waals surface area (Å²) in [6.45, 7) is 6.44. The normalized spacial score (nSPS) is 15.2. The number of aryl methyl sites for hydroxylation is 1. The van der Waals surface area contributed by atoms with Gasteiger partial charge in [0.1, 0.15) is 0 Å². The fourth-order valence-electron chi connectivity index (χ4n) is 3.25. The highest BCUT2D eigenvalue weighted by molar-refractivity contribution is 7.99. The van der Waals surface area contributed by atoms with Crippen LogP contribution in [-0.4, -0.2) is 53.1 Å². The number of hydrogen-bond donors (Lipinski definition) is 0. The molecule has 0 N–H and O–H groups in total. The minimum absolute atomic E-state index is 0.0700. The van der Waals surface area contributed by atoms with E-state index < -0.39 is 0 Å². The summed E-state index contributed by atoms with van der Waals surface area (Å²) in [7, 11) is 0. The largest absolute Gasteiger partial charge is 0.379 e. The third-order valence-electron chi connectivity index (χ3n) is 4.84. The molecule has 146 valence electrons. The first kappa shape index (κ1) is 19.5. The molecule has 0 unspecified atom stereocenters. The van der Waals surface area contributed by atoms with Crippen molar-refractivity contribution < 1.29 is 4.74 Å². The van der Waals surface area contributed by atoms with E-state index in [0.717, 1.165) is 49.9 Å². The van der Waals surface area contributed by atoms with Gasteiger partial charge in [-0.05, 0) is 37.3 Å². The predicted molar refractivity (Wildman–Crippen MR) is 115 cm³/mol. The Hall–Kier alpha value is -1.86. The van der Waals surface area contributed by atoms with Crippen molar-refractivity contribution in [3.63, 3.8) is 0 Å². The number of ether oxygens (including phenoxy) is 1. The monoisotopic (exact) mass is 415 g/mol. The molecule has 28 heavy (non-hydrogen) atoms. The lowest BCUT2D eigenvalue weighted by atomic mass is 10.2. The molecule has 0 amide bonds. The van der Waals surface area contributed by atoms with Gasteiger partial charge in [0.05, 0.1) is 29.8 Å². The van der Waals surface area contributed by atoms with E-state index in [1.165, 1.54) is 0 Å². The van der Waals surface area contributed by atoms with Gasteiger partial charge in [0, 0.05) is 30.4 Å². The Bertz CT molecular complexity index is 1030. The molecule has 0 bridgehead atoms. The van der Waals surface area contributed by atoms with Crippen LogP contribution in [0, 0.1) is 6.92 Å². The number of morpholine rings is 1. The number of nitrogens with zero attached hydrogens (tertiary/aromatic N) is 3. The Kier molecular flexibility index (Phi) is 6.01. The fraction of sp³-hybridized carbons (Fsp3) is 0.333. The van der Waals surface area contributed by atoms with Gasteiger partial charge in [-0.15, -0.1) is 0 Å². The van der Waals surface area contributed by atoms with Gasteiger partial charge in [-0.3, -0.25) is 14.3 Å². The van der Waals surface area contributed by atoms with Crippen molar-refractivity contribution in [3.8, 4) is 5.69 Å². The summed E-state index contributed by atoms with van der Waals surface area (Å²) >= 11 is 7.73. The molecule has 0 atom stereocenters. The number of hydrogen-bond acceptors (Lipinski definition) is 5. The van der Waals surface area contributed by atoms with Crippen LogP contribution in [0.3, 0.4) is 0 Å². The maximum absolute atomic E-state index is 13.3. The van der Waals surface area contributed by atoms with Crippen molar-refractivity contribution in [1.29, 1.82) is 0 Å². The summed E-state index contributed by atoms with van der Waals surface area (Å²) in [5, 5.41) is 1.84. The summed E-state index contributed by atoms with van der Waals surface area (Å²) in [5.41, 5.74) is 2.54. The lowest BCUT2D eigenvalue weighted by Crippen LogP contribution is -2.37. The first-order valence-corrected chi connectivity index (χ1v) is 10.7. The molecule has 1 aliphatic rings. The Morgan fingerprint density at radius 3 is 2.64 bits per heavy atom. The van der Waals surface area contributed by atoms with E-state index in [9.17, 15) is 4.79 Å². The van der Waals surface area contributed by atoms with Crippen molar-refractivity contribution in [2.45, 2.75) is 12.1 Å². The predicted octanol–water partition coefficient (Wildman–Crippen LogP) is 3.77. The highest BCUT2D eigenvalue weighted by atomic mass is 35.5. The lowest BCUT2D eigenvalue weighted by Gasteiger charge is -2.26. The van der Waals surface area contributed by atoms with E-state index in [0.29, 0.717) is 21.1 Å². The maximum atomic E-state index is 13.3. The average Bonchev–Trinajstić information content (AvgIpc) is 2.70. The molecule has 3 aromatic rings. The second-order valence-electron chi connectivity index (χ2n) is 6.83. The number of rotatable bonds is 5. The lowest BCUT2D eigenvalue weighted by molar-refractivity contribution is 0.0410. The van der Waals surface area contributed by atoms with Crippen molar-refractivity contribution >= 4 is 34.3 Å². The average molecular weight is 416 g/mol. The van der Waals surface area contributed by atoms with E-state index >= 15 is 0 Å². The number of halogens is 1. The third kappa shape index (κ3) is 4.25. The van der Waals surface area contributed by atoms with Crippen molar-refractivity contribution in [3.05, 3.63) is 63.4 Å².